The Hall–Kier alpha value is -1.96. The van der Waals surface area contributed by atoms with Gasteiger partial charge >= 0.3 is 5.97 Å². The normalized spacial score (nSPS) is 23.5. The van der Waals surface area contributed by atoms with E-state index in [-0.39, 0.29) is 24.0 Å². The maximum atomic E-state index is 12.5. The Kier molecular flexibility index (Phi) is 7.84. The molecule has 3 N–H and O–H groups in total. The minimum Gasteiger partial charge on any atom is -0.478 e. The molecule has 136 valence electrons. The molecule has 7 nitrogen and oxygen atoms in total. The summed E-state index contributed by atoms with van der Waals surface area (Å²) in [4.78, 5) is 34.3. The van der Waals surface area contributed by atoms with Crippen LogP contribution in [0.1, 0.15) is 40.0 Å². The van der Waals surface area contributed by atoms with Crippen molar-refractivity contribution in [3.05, 3.63) is 11.6 Å². The van der Waals surface area contributed by atoms with Gasteiger partial charge in [0.05, 0.1) is 24.3 Å². The summed E-state index contributed by atoms with van der Waals surface area (Å²) in [5, 5.41) is 14.4. The number of carboxylic acid groups (broad SMARTS) is 1. The van der Waals surface area contributed by atoms with E-state index in [1.165, 1.54) is 13.0 Å². The van der Waals surface area contributed by atoms with Crippen molar-refractivity contribution in [2.45, 2.75) is 64.3 Å². The first-order valence-corrected chi connectivity index (χ1v) is 8.04. The van der Waals surface area contributed by atoms with Crippen LogP contribution in [-0.2, 0) is 19.1 Å². The van der Waals surface area contributed by atoms with Crippen LogP contribution in [0.2, 0.25) is 0 Å². The van der Waals surface area contributed by atoms with Crippen LogP contribution < -0.4 is 10.6 Å². The van der Waals surface area contributed by atoms with Gasteiger partial charge in [0.15, 0.2) is 6.67 Å². The van der Waals surface area contributed by atoms with E-state index in [4.69, 9.17) is 4.74 Å². The van der Waals surface area contributed by atoms with Crippen molar-refractivity contribution < 1.29 is 28.6 Å². The van der Waals surface area contributed by atoms with Crippen LogP contribution in [0, 0.1) is 0 Å². The molecule has 0 unspecified atom stereocenters. The molecule has 2 amide bonds. The number of amides is 2. The van der Waals surface area contributed by atoms with E-state index in [0.29, 0.717) is 0 Å². The minimum atomic E-state index is -1.21. The molecule has 0 aromatic heterocycles. The molecular formula is C16H25FN2O5. The molecule has 1 aliphatic carbocycles. The van der Waals surface area contributed by atoms with Crippen LogP contribution in [0.25, 0.3) is 0 Å². The second-order valence-electron chi connectivity index (χ2n) is 5.77. The molecule has 0 saturated carbocycles. The third-order valence-electron chi connectivity index (χ3n) is 3.97. The third-order valence-corrected chi connectivity index (χ3v) is 3.97. The fourth-order valence-corrected chi connectivity index (χ4v) is 2.75. The van der Waals surface area contributed by atoms with E-state index in [0.717, 1.165) is 12.8 Å². The van der Waals surface area contributed by atoms with Gasteiger partial charge < -0.3 is 20.5 Å². The van der Waals surface area contributed by atoms with E-state index in [9.17, 15) is 23.9 Å². The summed E-state index contributed by atoms with van der Waals surface area (Å²) < 4.78 is 18.5. The molecule has 0 spiro atoms. The highest BCUT2D eigenvalue weighted by Crippen LogP contribution is 2.24. The monoisotopic (exact) mass is 344 g/mol. The molecule has 0 aromatic carbocycles. The maximum absolute atomic E-state index is 12.5. The molecule has 0 bridgehead atoms. The third kappa shape index (κ3) is 5.59. The Morgan fingerprint density at radius 1 is 1.33 bits per heavy atom. The van der Waals surface area contributed by atoms with Crippen molar-refractivity contribution in [1.82, 2.24) is 10.6 Å². The Balaban J connectivity index is 3.13. The summed E-state index contributed by atoms with van der Waals surface area (Å²) in [5.41, 5.74) is 0.0664. The quantitative estimate of drug-likeness (QED) is 0.608. The second-order valence-corrected chi connectivity index (χ2v) is 5.77. The first kappa shape index (κ1) is 20.1. The number of carbonyl (C=O) groups excluding carboxylic acids is 2. The lowest BCUT2D eigenvalue weighted by Gasteiger charge is -2.38. The summed E-state index contributed by atoms with van der Waals surface area (Å²) in [6.07, 6.45) is 2.04. The molecule has 0 aliphatic heterocycles. The van der Waals surface area contributed by atoms with Crippen molar-refractivity contribution in [3.63, 3.8) is 0 Å². The molecular weight excluding hydrogens is 319 g/mol. The van der Waals surface area contributed by atoms with E-state index in [1.54, 1.807) is 0 Å². The first-order chi connectivity index (χ1) is 11.3. The fraction of sp³-hybridized carbons (Fsp3) is 0.688. The van der Waals surface area contributed by atoms with E-state index >= 15 is 0 Å². The average molecular weight is 344 g/mol. The smallest absolute Gasteiger partial charge is 0.331 e. The highest BCUT2D eigenvalue weighted by Gasteiger charge is 2.38. The number of aliphatic carboxylic acids is 1. The lowest BCUT2D eigenvalue weighted by atomic mass is 9.87. The Labute approximate surface area is 140 Å². The fourth-order valence-electron chi connectivity index (χ4n) is 2.75. The second kappa shape index (κ2) is 9.36. The maximum Gasteiger partial charge on any atom is 0.331 e. The van der Waals surface area contributed by atoms with Crippen molar-refractivity contribution in [1.29, 1.82) is 0 Å². The van der Waals surface area contributed by atoms with E-state index in [1.807, 2.05) is 13.8 Å². The minimum absolute atomic E-state index is 0.0191. The van der Waals surface area contributed by atoms with E-state index in [2.05, 4.69) is 10.6 Å². The highest BCUT2D eigenvalue weighted by atomic mass is 19.1. The molecule has 1 aliphatic rings. The summed E-state index contributed by atoms with van der Waals surface area (Å²) in [5.74, 6) is -2.33. The van der Waals surface area contributed by atoms with Gasteiger partial charge in [0.1, 0.15) is 0 Å². The zero-order valence-corrected chi connectivity index (χ0v) is 14.2. The number of hydrogen-bond acceptors (Lipinski definition) is 4. The van der Waals surface area contributed by atoms with Gasteiger partial charge in [-0.2, -0.15) is 0 Å². The number of carboxylic acids is 1. The van der Waals surface area contributed by atoms with Crippen molar-refractivity contribution in [3.8, 4) is 0 Å². The molecule has 1 rings (SSSR count). The van der Waals surface area contributed by atoms with Crippen LogP contribution in [-0.4, -0.2) is 53.9 Å². The highest BCUT2D eigenvalue weighted by molar-refractivity contribution is 5.87. The van der Waals surface area contributed by atoms with Gasteiger partial charge in [0, 0.05) is 18.9 Å². The van der Waals surface area contributed by atoms with Crippen molar-refractivity contribution in [2.24, 2.45) is 0 Å². The standard InChI is InChI=1S/C16H25FN2O5/c1-4-11(5-2)24-13-7-10(16(22)23)6-12(19-14(21)8-17)15(13)18-9(3)20/h7,11-13,15H,4-6,8H2,1-3H3,(H,18,20)(H,19,21)(H,22,23)/t12-,13+,15+/m0/s1. The number of nitrogens with one attached hydrogen (secondary N) is 2. The molecule has 0 aromatic rings. The number of ether oxygens (including phenoxy) is 1. The van der Waals surface area contributed by atoms with E-state index < -0.39 is 36.7 Å². The van der Waals surface area contributed by atoms with Gasteiger partial charge in [-0.1, -0.05) is 13.8 Å². The predicted octanol–water partition coefficient (Wildman–Crippen LogP) is 0.934. The molecule has 0 saturated heterocycles. The Morgan fingerprint density at radius 3 is 2.42 bits per heavy atom. The lowest BCUT2D eigenvalue weighted by Crippen LogP contribution is -2.59. The molecule has 0 radical (unpaired) electrons. The predicted molar refractivity (Wildman–Crippen MR) is 85.1 cm³/mol. The summed E-state index contributed by atoms with van der Waals surface area (Å²) in [6, 6.07) is -1.42. The van der Waals surface area contributed by atoms with Gasteiger partial charge in [-0.05, 0) is 18.9 Å². The van der Waals surface area contributed by atoms with Crippen molar-refractivity contribution in [2.75, 3.05) is 6.67 Å². The molecule has 8 heteroatoms. The lowest BCUT2D eigenvalue weighted by molar-refractivity contribution is -0.134. The van der Waals surface area contributed by atoms with Gasteiger partial charge in [-0.25, -0.2) is 9.18 Å². The number of halogens is 1. The van der Waals surface area contributed by atoms with Gasteiger partial charge in [-0.3, -0.25) is 9.59 Å². The Morgan fingerprint density at radius 2 is 1.96 bits per heavy atom. The number of rotatable bonds is 8. The van der Waals surface area contributed by atoms with Crippen LogP contribution >= 0.6 is 0 Å². The molecule has 24 heavy (non-hydrogen) atoms. The van der Waals surface area contributed by atoms with Gasteiger partial charge in [0.2, 0.25) is 5.91 Å². The molecule has 0 fully saturated rings. The topological polar surface area (TPSA) is 105 Å². The Bertz CT molecular complexity index is 505. The van der Waals surface area contributed by atoms with Crippen LogP contribution in [0.4, 0.5) is 4.39 Å². The van der Waals surface area contributed by atoms with Gasteiger partial charge in [-0.15, -0.1) is 0 Å². The molecule has 0 heterocycles. The molecule has 3 atom stereocenters. The van der Waals surface area contributed by atoms with Crippen LogP contribution in [0.5, 0.6) is 0 Å². The van der Waals surface area contributed by atoms with Crippen molar-refractivity contribution >= 4 is 17.8 Å². The number of carbonyl (C=O) groups is 3. The largest absolute Gasteiger partial charge is 0.478 e. The van der Waals surface area contributed by atoms with Crippen LogP contribution in [0.15, 0.2) is 11.6 Å². The van der Waals surface area contributed by atoms with Gasteiger partial charge in [0.25, 0.3) is 5.91 Å². The zero-order valence-electron chi connectivity index (χ0n) is 14.2. The number of hydrogen-bond donors (Lipinski definition) is 3. The first-order valence-electron chi connectivity index (χ1n) is 8.04. The van der Waals surface area contributed by atoms with Crippen LogP contribution in [0.3, 0.4) is 0 Å². The zero-order chi connectivity index (χ0) is 18.3. The number of alkyl halides is 1. The summed E-state index contributed by atoms with van der Waals surface area (Å²) in [6.45, 7) is 3.98. The summed E-state index contributed by atoms with van der Waals surface area (Å²) in [7, 11) is 0. The average Bonchev–Trinajstić information content (AvgIpc) is 2.53. The SMILES string of the molecule is CCC(CC)O[C@@H]1C=C(C(=O)O)C[C@H](NC(=O)CF)[C@H]1NC(C)=O. The summed E-state index contributed by atoms with van der Waals surface area (Å²) >= 11 is 0.